The normalized spacial score (nSPS) is 14.6. The molecular formula is C11H9N3O3. The van der Waals surface area contributed by atoms with Crippen molar-refractivity contribution in [3.8, 4) is 0 Å². The fraction of sp³-hybridized carbons (Fsp3) is 0.182. The zero-order chi connectivity index (χ0) is 12.4. The Balaban J connectivity index is 2.45. The highest BCUT2D eigenvalue weighted by atomic mass is 16.4. The molecular weight excluding hydrogens is 222 g/mol. The molecule has 0 spiro atoms. The van der Waals surface area contributed by atoms with Crippen LogP contribution in [-0.4, -0.2) is 32.5 Å². The van der Waals surface area contributed by atoms with Crippen molar-refractivity contribution in [3.63, 3.8) is 0 Å². The minimum absolute atomic E-state index is 0.0214. The molecule has 2 heterocycles. The van der Waals surface area contributed by atoms with Gasteiger partial charge in [-0.15, -0.1) is 0 Å². The minimum Gasteiger partial charge on any atom is -0.478 e. The smallest absolute Gasteiger partial charge is 0.339 e. The monoisotopic (exact) mass is 231 g/mol. The van der Waals surface area contributed by atoms with Gasteiger partial charge in [0, 0.05) is 18.8 Å². The largest absolute Gasteiger partial charge is 0.478 e. The van der Waals surface area contributed by atoms with E-state index in [-0.39, 0.29) is 29.3 Å². The second kappa shape index (κ2) is 4.25. The Bertz CT molecular complexity index is 561. The van der Waals surface area contributed by atoms with Gasteiger partial charge < -0.3 is 5.11 Å². The average molecular weight is 231 g/mol. The molecule has 1 aromatic heterocycles. The number of ketones is 1. The van der Waals surface area contributed by atoms with E-state index in [1.807, 2.05) is 0 Å². The van der Waals surface area contributed by atoms with Crippen molar-refractivity contribution in [1.82, 2.24) is 9.97 Å². The standard InChI is InChI=1S/C11H9N3O3/c1-6-7(11(16)17)5-13-10(14-6)9-8(15)3-2-4-12-9/h2,4-5H,3H2,1H3,(H,16,17). The molecule has 0 aliphatic carbocycles. The predicted molar refractivity (Wildman–Crippen MR) is 59.0 cm³/mol. The quantitative estimate of drug-likeness (QED) is 0.811. The molecule has 86 valence electrons. The lowest BCUT2D eigenvalue weighted by atomic mass is 10.1. The van der Waals surface area contributed by atoms with Gasteiger partial charge in [0.15, 0.2) is 17.3 Å². The minimum atomic E-state index is -1.09. The third-order valence-electron chi connectivity index (χ3n) is 2.30. The number of hydrogen-bond acceptors (Lipinski definition) is 5. The molecule has 1 N–H and O–H groups in total. The van der Waals surface area contributed by atoms with Gasteiger partial charge in [-0.1, -0.05) is 6.08 Å². The molecule has 6 nitrogen and oxygen atoms in total. The summed E-state index contributed by atoms with van der Waals surface area (Å²) in [5.74, 6) is -1.09. The van der Waals surface area contributed by atoms with E-state index >= 15 is 0 Å². The maximum absolute atomic E-state index is 11.5. The zero-order valence-corrected chi connectivity index (χ0v) is 9.04. The average Bonchev–Trinajstić information content (AvgIpc) is 2.29. The number of Topliss-reactive ketones (excluding diaryl/α,β-unsaturated/α-hetero) is 1. The lowest BCUT2D eigenvalue weighted by Crippen LogP contribution is -2.20. The van der Waals surface area contributed by atoms with Gasteiger partial charge in [-0.25, -0.2) is 19.8 Å². The van der Waals surface area contributed by atoms with Crippen molar-refractivity contribution < 1.29 is 14.7 Å². The number of carbonyl (C=O) groups is 2. The van der Waals surface area contributed by atoms with Crippen LogP contribution in [0.15, 0.2) is 23.5 Å². The molecule has 0 fully saturated rings. The van der Waals surface area contributed by atoms with Crippen molar-refractivity contribution in [2.24, 2.45) is 4.99 Å². The van der Waals surface area contributed by atoms with Gasteiger partial charge in [0.25, 0.3) is 0 Å². The van der Waals surface area contributed by atoms with Crippen LogP contribution < -0.4 is 0 Å². The number of aromatic carboxylic acids is 1. The number of aromatic nitrogens is 2. The van der Waals surface area contributed by atoms with Crippen LogP contribution in [-0.2, 0) is 4.79 Å². The third kappa shape index (κ3) is 2.10. The molecule has 0 aromatic carbocycles. The van der Waals surface area contributed by atoms with E-state index in [4.69, 9.17) is 5.11 Å². The Hall–Kier alpha value is -2.37. The number of carboxylic acid groups (broad SMARTS) is 1. The Morgan fingerprint density at radius 1 is 1.47 bits per heavy atom. The van der Waals surface area contributed by atoms with Crippen molar-refractivity contribution in [1.29, 1.82) is 0 Å². The topological polar surface area (TPSA) is 92.5 Å². The van der Waals surface area contributed by atoms with E-state index in [1.54, 1.807) is 13.0 Å². The van der Waals surface area contributed by atoms with Crippen molar-refractivity contribution in [2.45, 2.75) is 13.3 Å². The van der Waals surface area contributed by atoms with Crippen LogP contribution in [0.3, 0.4) is 0 Å². The highest BCUT2D eigenvalue weighted by Crippen LogP contribution is 2.08. The van der Waals surface area contributed by atoms with Crippen LogP contribution in [0.2, 0.25) is 0 Å². The second-order valence-corrected chi connectivity index (χ2v) is 3.49. The molecule has 1 aliphatic rings. The first kappa shape index (κ1) is 11.1. The summed E-state index contributed by atoms with van der Waals surface area (Å²) >= 11 is 0. The van der Waals surface area contributed by atoms with Gasteiger partial charge >= 0.3 is 5.97 Å². The molecule has 6 heteroatoms. The Morgan fingerprint density at radius 3 is 2.82 bits per heavy atom. The van der Waals surface area contributed by atoms with E-state index in [9.17, 15) is 9.59 Å². The van der Waals surface area contributed by atoms with Crippen LogP contribution in [0.25, 0.3) is 0 Å². The molecule has 1 aliphatic heterocycles. The first-order valence-corrected chi connectivity index (χ1v) is 4.93. The summed E-state index contributed by atoms with van der Waals surface area (Å²) in [6.45, 7) is 1.55. The number of carbonyl (C=O) groups excluding carboxylic acids is 1. The van der Waals surface area contributed by atoms with Gasteiger partial charge in [0.2, 0.25) is 0 Å². The summed E-state index contributed by atoms with van der Waals surface area (Å²) in [6, 6.07) is 0. The number of hydrogen-bond donors (Lipinski definition) is 1. The van der Waals surface area contributed by atoms with E-state index in [0.29, 0.717) is 5.69 Å². The van der Waals surface area contributed by atoms with Crippen LogP contribution in [0.4, 0.5) is 0 Å². The predicted octanol–water partition coefficient (Wildman–Crippen LogP) is 0.759. The van der Waals surface area contributed by atoms with E-state index in [2.05, 4.69) is 15.0 Å². The zero-order valence-electron chi connectivity index (χ0n) is 9.04. The van der Waals surface area contributed by atoms with Crippen LogP contribution in [0.5, 0.6) is 0 Å². The summed E-state index contributed by atoms with van der Waals surface area (Å²) in [6.07, 6.45) is 4.61. The van der Waals surface area contributed by atoms with Crippen LogP contribution >= 0.6 is 0 Å². The number of aryl methyl sites for hydroxylation is 1. The van der Waals surface area contributed by atoms with E-state index < -0.39 is 5.97 Å². The number of allylic oxidation sites excluding steroid dienone is 1. The molecule has 0 bridgehead atoms. The van der Waals surface area contributed by atoms with E-state index in [0.717, 1.165) is 0 Å². The Morgan fingerprint density at radius 2 is 2.24 bits per heavy atom. The molecule has 0 atom stereocenters. The number of carboxylic acids is 1. The highest BCUT2D eigenvalue weighted by molar-refractivity contribution is 6.46. The maximum atomic E-state index is 11.5. The fourth-order valence-corrected chi connectivity index (χ4v) is 1.43. The molecule has 0 saturated heterocycles. The fourth-order valence-electron chi connectivity index (χ4n) is 1.43. The molecule has 0 radical (unpaired) electrons. The van der Waals surface area contributed by atoms with Crippen molar-refractivity contribution in [3.05, 3.63) is 35.6 Å². The molecule has 1 aromatic rings. The van der Waals surface area contributed by atoms with Gasteiger partial charge in [-0.05, 0) is 6.92 Å². The Labute approximate surface area is 96.7 Å². The van der Waals surface area contributed by atoms with Gasteiger partial charge in [-0.3, -0.25) is 4.79 Å². The first-order chi connectivity index (χ1) is 8.09. The highest BCUT2D eigenvalue weighted by Gasteiger charge is 2.19. The van der Waals surface area contributed by atoms with Crippen molar-refractivity contribution >= 4 is 17.5 Å². The third-order valence-corrected chi connectivity index (χ3v) is 2.30. The molecule has 0 unspecified atom stereocenters. The maximum Gasteiger partial charge on any atom is 0.339 e. The number of aliphatic imine (C=N–C) groups is 1. The van der Waals surface area contributed by atoms with Gasteiger partial charge in [-0.2, -0.15) is 0 Å². The molecule has 0 amide bonds. The Kier molecular flexibility index (Phi) is 2.78. The van der Waals surface area contributed by atoms with Gasteiger partial charge in [0.1, 0.15) is 0 Å². The number of rotatable bonds is 2. The SMILES string of the molecule is Cc1nc(C2=NC=CCC2=O)ncc1C(=O)O. The van der Waals surface area contributed by atoms with Crippen LogP contribution in [0.1, 0.15) is 28.3 Å². The molecule has 17 heavy (non-hydrogen) atoms. The summed E-state index contributed by atoms with van der Waals surface area (Å²) < 4.78 is 0. The lowest BCUT2D eigenvalue weighted by Gasteiger charge is -2.06. The second-order valence-electron chi connectivity index (χ2n) is 3.49. The molecule has 2 rings (SSSR count). The lowest BCUT2D eigenvalue weighted by molar-refractivity contribution is -0.112. The van der Waals surface area contributed by atoms with Crippen LogP contribution in [0, 0.1) is 6.92 Å². The van der Waals surface area contributed by atoms with Crippen molar-refractivity contribution in [2.75, 3.05) is 0 Å². The summed E-state index contributed by atoms with van der Waals surface area (Å²) in [4.78, 5) is 34.1. The van der Waals surface area contributed by atoms with E-state index in [1.165, 1.54) is 12.4 Å². The summed E-state index contributed by atoms with van der Waals surface area (Å²) in [5, 5.41) is 8.83. The number of nitrogens with zero attached hydrogens (tertiary/aromatic N) is 3. The van der Waals surface area contributed by atoms with Gasteiger partial charge in [0.05, 0.1) is 11.3 Å². The summed E-state index contributed by atoms with van der Waals surface area (Å²) in [5.41, 5.74) is 0.508. The molecule has 0 saturated carbocycles. The first-order valence-electron chi connectivity index (χ1n) is 4.93. The summed E-state index contributed by atoms with van der Waals surface area (Å²) in [7, 11) is 0.